The fourth-order valence-corrected chi connectivity index (χ4v) is 15.5. The zero-order chi connectivity index (χ0) is 52.8. The Morgan fingerprint density at radius 1 is 0.312 bits per heavy atom. The number of carbonyl (C=O) groups is 8. The second-order valence-electron chi connectivity index (χ2n) is 20.4. The molecule has 0 spiro atoms. The molecule has 0 aliphatic carbocycles. The average Bonchev–Trinajstić information content (AvgIpc) is 4.11. The van der Waals surface area contributed by atoms with Gasteiger partial charge in [0, 0.05) is 125 Å². The molecule has 0 radical (unpaired) electrons. The predicted molar refractivity (Wildman–Crippen MR) is 298 cm³/mol. The standard InChI is InChI=1S/C62H31N5O8S2/c1-23-19-34-50-35(60(73)66(5)59(34)72)20-32(46-25-8-12-29-48-28(55(68)64(3)56(29)69)11-7-24(44(25)48)43(23)53(46)50)39-15-17-41(76-39)42-18-16-40(77-42)33-21-36-51-37(62(75)67(6)61(36)74)22-38(63-2)52-27-10-14-31-49-30(57(70)65(4)58(31)71)13-9-26(45(27)49)47(33)54(51)52/h7-22H,1,3-6H3. The van der Waals surface area contributed by atoms with Gasteiger partial charge in [0.05, 0.1) is 6.57 Å². The highest BCUT2D eigenvalue weighted by molar-refractivity contribution is 7.25. The van der Waals surface area contributed by atoms with Crippen LogP contribution < -0.4 is 0 Å². The van der Waals surface area contributed by atoms with Crippen molar-refractivity contribution in [1.29, 1.82) is 0 Å². The molecule has 12 aromatic rings. The van der Waals surface area contributed by atoms with Crippen molar-refractivity contribution in [3.63, 3.8) is 0 Å². The zero-order valence-corrected chi connectivity index (χ0v) is 42.7. The van der Waals surface area contributed by atoms with E-state index in [1.807, 2.05) is 67.6 Å². The zero-order valence-electron chi connectivity index (χ0n) is 41.1. The van der Waals surface area contributed by atoms with E-state index < -0.39 is 47.3 Å². The van der Waals surface area contributed by atoms with Crippen LogP contribution in [-0.2, 0) is 0 Å². The molecule has 15 heteroatoms. The van der Waals surface area contributed by atoms with E-state index in [0.29, 0.717) is 98.4 Å². The lowest BCUT2D eigenvalue weighted by Gasteiger charge is -2.29. The van der Waals surface area contributed by atoms with Crippen LogP contribution in [0.1, 0.15) is 88.4 Å². The van der Waals surface area contributed by atoms with Crippen LogP contribution in [-0.4, -0.2) is 95.0 Å². The molecule has 2 aromatic heterocycles. The first-order valence-electron chi connectivity index (χ1n) is 24.5. The molecule has 0 fully saturated rings. The first-order valence-corrected chi connectivity index (χ1v) is 26.1. The molecule has 8 amide bonds. The lowest BCUT2D eigenvalue weighted by molar-refractivity contribution is 0.0635. The molecule has 0 unspecified atom stereocenters. The van der Waals surface area contributed by atoms with Crippen molar-refractivity contribution in [3.8, 4) is 30.6 Å². The van der Waals surface area contributed by atoms with Crippen LogP contribution >= 0.6 is 22.7 Å². The van der Waals surface area contributed by atoms with E-state index in [1.165, 1.54) is 50.9 Å². The molecule has 16 rings (SSSR count). The number of carbonyl (C=O) groups excluding carboxylic acids is 8. The summed E-state index contributed by atoms with van der Waals surface area (Å²) in [7, 11) is 5.86. The summed E-state index contributed by atoms with van der Waals surface area (Å²) >= 11 is 3.00. The van der Waals surface area contributed by atoms with Gasteiger partial charge in [-0.05, 0) is 150 Å². The number of benzene rings is 10. The molecular formula is C62H31N5O8S2. The topological polar surface area (TPSA) is 154 Å². The number of imide groups is 4. The lowest BCUT2D eigenvalue weighted by Crippen LogP contribution is -2.37. The van der Waals surface area contributed by atoms with E-state index >= 15 is 0 Å². The first kappa shape index (κ1) is 43.6. The van der Waals surface area contributed by atoms with Crippen molar-refractivity contribution in [2.75, 3.05) is 28.2 Å². The van der Waals surface area contributed by atoms with Gasteiger partial charge in [0.2, 0.25) is 0 Å². The van der Waals surface area contributed by atoms with Crippen LogP contribution in [0, 0.1) is 13.5 Å². The summed E-state index contributed by atoms with van der Waals surface area (Å²) in [5.41, 5.74) is 5.27. The minimum absolute atomic E-state index is 0.196. The summed E-state index contributed by atoms with van der Waals surface area (Å²) in [4.78, 5) is 123. The van der Waals surface area contributed by atoms with Gasteiger partial charge in [0.1, 0.15) is 0 Å². The number of rotatable bonds is 3. The van der Waals surface area contributed by atoms with E-state index in [-0.39, 0.29) is 11.3 Å². The smallest absolute Gasteiger partial charge is 0.261 e. The van der Waals surface area contributed by atoms with Gasteiger partial charge in [-0.1, -0.05) is 24.3 Å². The van der Waals surface area contributed by atoms with Crippen molar-refractivity contribution in [3.05, 3.63) is 159 Å². The van der Waals surface area contributed by atoms with Gasteiger partial charge in [0.25, 0.3) is 47.3 Å². The molecule has 364 valence electrons. The van der Waals surface area contributed by atoms with Crippen molar-refractivity contribution in [1.82, 2.24) is 19.6 Å². The maximum atomic E-state index is 14.3. The number of hydrogen-bond donors (Lipinski definition) is 0. The summed E-state index contributed by atoms with van der Waals surface area (Å²) in [6.07, 6.45) is 0. The monoisotopic (exact) mass is 1040 g/mol. The van der Waals surface area contributed by atoms with Crippen LogP contribution in [0.4, 0.5) is 5.69 Å². The quantitative estimate of drug-likeness (QED) is 0.0733. The van der Waals surface area contributed by atoms with Crippen LogP contribution in [0.3, 0.4) is 0 Å². The SMILES string of the molecule is [C-]#[N+]c1cc2c3c(cc(-c4ccc(-c5ccc(-c6cc7c8c(cc(C)c9c%10ccc%11c%12c(ccc(c6c89)c%12%10)C(=O)N(C)C%11=O)C(=O)N(C)C7=O)s5)s4)c4c5ccc6c7c(ccc(c1c34)c75)C(=O)N(C)C6=O)C(=O)N(C)C2=O. The summed E-state index contributed by atoms with van der Waals surface area (Å²) < 4.78 is 0. The second kappa shape index (κ2) is 14.1. The Labute approximate surface area is 441 Å². The van der Waals surface area contributed by atoms with Crippen LogP contribution in [0.2, 0.25) is 0 Å². The average molecular weight is 1040 g/mol. The number of fused-ring (bicyclic) bond motifs is 4. The van der Waals surface area contributed by atoms with Gasteiger partial charge in [0.15, 0.2) is 5.69 Å². The Balaban J connectivity index is 0.956. The Bertz CT molecular complexity index is 5110. The summed E-state index contributed by atoms with van der Waals surface area (Å²) in [6.45, 7) is 10.4. The van der Waals surface area contributed by atoms with E-state index in [0.717, 1.165) is 82.6 Å². The lowest BCUT2D eigenvalue weighted by atomic mass is 9.79. The van der Waals surface area contributed by atoms with Gasteiger partial charge in [-0.15, -0.1) is 22.7 Å². The van der Waals surface area contributed by atoms with Gasteiger partial charge < -0.3 is 0 Å². The molecule has 0 atom stereocenters. The van der Waals surface area contributed by atoms with E-state index in [2.05, 4.69) is 4.85 Å². The van der Waals surface area contributed by atoms with Crippen molar-refractivity contribution in [2.45, 2.75) is 6.92 Å². The van der Waals surface area contributed by atoms with E-state index in [4.69, 9.17) is 6.57 Å². The molecule has 0 saturated heterocycles. The van der Waals surface area contributed by atoms with Gasteiger partial charge >= 0.3 is 0 Å². The molecular weight excluding hydrogens is 1010 g/mol. The minimum atomic E-state index is -0.524. The Hall–Kier alpha value is -9.75. The summed E-state index contributed by atoms with van der Waals surface area (Å²) in [6, 6.07) is 29.5. The number of nitrogens with zero attached hydrogens (tertiary/aromatic N) is 5. The fraction of sp³-hybridized carbons (Fsp3) is 0.0806. The van der Waals surface area contributed by atoms with Gasteiger partial charge in [-0.25, -0.2) is 4.85 Å². The highest BCUT2D eigenvalue weighted by Gasteiger charge is 2.39. The highest BCUT2D eigenvalue weighted by atomic mass is 32.1. The van der Waals surface area contributed by atoms with Crippen LogP contribution in [0.5, 0.6) is 0 Å². The largest absolute Gasteiger partial charge is 0.278 e. The molecule has 4 aliphatic rings. The van der Waals surface area contributed by atoms with Crippen molar-refractivity contribution >= 4 is 162 Å². The fourth-order valence-electron chi connectivity index (χ4n) is 13.3. The third-order valence-electron chi connectivity index (χ3n) is 16.8. The highest BCUT2D eigenvalue weighted by Crippen LogP contribution is 2.55. The third kappa shape index (κ3) is 4.98. The van der Waals surface area contributed by atoms with Crippen LogP contribution in [0.25, 0.3) is 122 Å². The molecule has 4 aliphatic heterocycles. The summed E-state index contributed by atoms with van der Waals surface area (Å²) in [5, 5.41) is 10.4. The Morgan fingerprint density at radius 2 is 0.623 bits per heavy atom. The number of amides is 8. The summed E-state index contributed by atoms with van der Waals surface area (Å²) in [5.74, 6) is -3.54. The maximum absolute atomic E-state index is 14.3. The molecule has 0 saturated carbocycles. The third-order valence-corrected chi connectivity index (χ3v) is 19.2. The molecule has 77 heavy (non-hydrogen) atoms. The molecule has 10 aromatic carbocycles. The van der Waals surface area contributed by atoms with Crippen molar-refractivity contribution in [2.24, 2.45) is 0 Å². The van der Waals surface area contributed by atoms with E-state index in [1.54, 1.807) is 36.4 Å². The number of hydrogen-bond acceptors (Lipinski definition) is 10. The van der Waals surface area contributed by atoms with Crippen molar-refractivity contribution < 1.29 is 38.4 Å². The van der Waals surface area contributed by atoms with Crippen LogP contribution in [0.15, 0.2) is 97.1 Å². The normalized spacial score (nSPS) is 15.4. The Kier molecular flexibility index (Phi) is 8.01. The minimum Gasteiger partial charge on any atom is -0.278 e. The van der Waals surface area contributed by atoms with E-state index in [9.17, 15) is 38.4 Å². The maximum Gasteiger partial charge on any atom is 0.261 e. The predicted octanol–water partition coefficient (Wildman–Crippen LogP) is 12.7. The molecule has 6 heterocycles. The molecule has 13 nitrogen and oxygen atoms in total. The second-order valence-corrected chi connectivity index (χ2v) is 22.6. The molecule has 0 N–H and O–H groups in total. The number of thiophene rings is 2. The number of aryl methyl sites for hydroxylation is 1. The van der Waals surface area contributed by atoms with Gasteiger partial charge in [-0.3, -0.25) is 58.0 Å². The van der Waals surface area contributed by atoms with Gasteiger partial charge in [-0.2, -0.15) is 0 Å². The first-order chi connectivity index (χ1) is 37.1. The Morgan fingerprint density at radius 3 is 1.03 bits per heavy atom. The molecule has 0 bridgehead atoms.